The lowest BCUT2D eigenvalue weighted by Gasteiger charge is -2.14. The first-order valence-electron chi connectivity index (χ1n) is 10.1. The summed E-state index contributed by atoms with van der Waals surface area (Å²) in [6.07, 6.45) is 3.28. The summed E-state index contributed by atoms with van der Waals surface area (Å²) in [6.45, 7) is 1.37. The zero-order chi connectivity index (χ0) is 20.9. The topological polar surface area (TPSA) is 92.2 Å². The van der Waals surface area contributed by atoms with Gasteiger partial charge >= 0.3 is 0 Å². The van der Waals surface area contributed by atoms with Gasteiger partial charge in [0.2, 0.25) is 11.8 Å². The molecule has 7 nitrogen and oxygen atoms in total. The van der Waals surface area contributed by atoms with Gasteiger partial charge in [0, 0.05) is 31.2 Å². The van der Waals surface area contributed by atoms with Crippen LogP contribution in [-0.2, 0) is 16.1 Å². The van der Waals surface area contributed by atoms with E-state index in [0.29, 0.717) is 17.8 Å². The summed E-state index contributed by atoms with van der Waals surface area (Å²) < 4.78 is 2.17. The highest BCUT2D eigenvalue weighted by atomic mass is 16.2. The predicted molar refractivity (Wildman–Crippen MR) is 115 cm³/mol. The number of fused-ring (bicyclic) bond motifs is 2. The van der Waals surface area contributed by atoms with Crippen LogP contribution in [0.2, 0.25) is 0 Å². The van der Waals surface area contributed by atoms with E-state index in [2.05, 4.69) is 44.9 Å². The van der Waals surface area contributed by atoms with E-state index in [0.717, 1.165) is 13.0 Å². The Bertz CT molecular complexity index is 1090. The monoisotopic (exact) mass is 404 g/mol. The normalized spacial score (nSPS) is 15.8. The number of anilines is 1. The van der Waals surface area contributed by atoms with Crippen molar-refractivity contribution in [3.8, 4) is 0 Å². The first-order valence-corrected chi connectivity index (χ1v) is 10.1. The number of nitrogens with one attached hydrogen (secondary N) is 3. The number of para-hydroxylation sites is 2. The van der Waals surface area contributed by atoms with Crippen LogP contribution in [-0.4, -0.2) is 34.9 Å². The minimum atomic E-state index is -0.734. The molecule has 0 spiro atoms. The molecule has 1 aliphatic heterocycles. The number of carbonyl (C=O) groups excluding carboxylic acids is 3. The van der Waals surface area contributed by atoms with Crippen LogP contribution in [0.15, 0.2) is 60.8 Å². The van der Waals surface area contributed by atoms with E-state index in [1.807, 2.05) is 12.1 Å². The second-order valence-corrected chi connectivity index (χ2v) is 7.37. The van der Waals surface area contributed by atoms with Crippen molar-refractivity contribution in [1.29, 1.82) is 0 Å². The summed E-state index contributed by atoms with van der Waals surface area (Å²) >= 11 is 0. The smallest absolute Gasteiger partial charge is 0.254 e. The largest absolute Gasteiger partial charge is 0.356 e. The lowest BCUT2D eigenvalue weighted by Crippen LogP contribution is -2.42. The summed E-state index contributed by atoms with van der Waals surface area (Å²) in [5, 5.41) is 9.56. The number of rotatable bonds is 7. The number of carbonyl (C=O) groups is 3. The van der Waals surface area contributed by atoms with Gasteiger partial charge in [0.25, 0.3) is 5.91 Å². The third-order valence-corrected chi connectivity index (χ3v) is 5.29. The predicted octanol–water partition coefficient (Wildman–Crippen LogP) is 2.68. The van der Waals surface area contributed by atoms with Gasteiger partial charge in [-0.1, -0.05) is 30.3 Å². The molecule has 1 aliphatic rings. The molecule has 1 atom stereocenters. The zero-order valence-electron chi connectivity index (χ0n) is 16.6. The number of amides is 3. The highest BCUT2D eigenvalue weighted by Gasteiger charge is 2.27. The maximum absolute atomic E-state index is 12.4. The first kappa shape index (κ1) is 19.7. The Morgan fingerprint density at radius 1 is 1.03 bits per heavy atom. The summed E-state index contributed by atoms with van der Waals surface area (Å²) in [6, 6.07) is 16.4. The average Bonchev–Trinajstić information content (AvgIpc) is 3.12. The second-order valence-electron chi connectivity index (χ2n) is 7.37. The molecule has 154 valence electrons. The van der Waals surface area contributed by atoms with Crippen LogP contribution in [0.5, 0.6) is 0 Å². The summed E-state index contributed by atoms with van der Waals surface area (Å²) in [7, 11) is 0. The standard InChI is InChI=1S/C23H24N4O3/c28-21(24-13-5-14-27-15-12-16-6-1-4-9-20(16)27)11-10-19-23(30)25-18-8-3-2-7-17(18)22(29)26-19/h1-4,6-9,12,15,19H,5,10-11,13-14H2,(H,24,28)(H,25,30)(H,26,29). The van der Waals surface area contributed by atoms with Crippen molar-refractivity contribution in [2.24, 2.45) is 0 Å². The van der Waals surface area contributed by atoms with Gasteiger partial charge in [-0.05, 0) is 42.5 Å². The van der Waals surface area contributed by atoms with Crippen molar-refractivity contribution < 1.29 is 14.4 Å². The van der Waals surface area contributed by atoms with E-state index in [1.54, 1.807) is 24.3 Å². The molecule has 0 fully saturated rings. The van der Waals surface area contributed by atoms with Gasteiger partial charge in [-0.25, -0.2) is 0 Å². The Balaban J connectivity index is 1.22. The molecule has 0 bridgehead atoms. The molecule has 3 aromatic rings. The van der Waals surface area contributed by atoms with Gasteiger partial charge in [-0.2, -0.15) is 0 Å². The van der Waals surface area contributed by atoms with Crippen LogP contribution in [0.25, 0.3) is 10.9 Å². The molecule has 2 heterocycles. The molecular formula is C23H24N4O3. The summed E-state index contributed by atoms with van der Waals surface area (Å²) in [5.74, 6) is -0.745. The quantitative estimate of drug-likeness (QED) is 0.529. The molecule has 4 rings (SSSR count). The van der Waals surface area contributed by atoms with Crippen molar-refractivity contribution in [2.45, 2.75) is 31.8 Å². The van der Waals surface area contributed by atoms with E-state index >= 15 is 0 Å². The minimum absolute atomic E-state index is 0.129. The Kier molecular flexibility index (Phi) is 5.79. The molecule has 1 unspecified atom stereocenters. The van der Waals surface area contributed by atoms with Gasteiger partial charge in [0.15, 0.2) is 0 Å². The average molecular weight is 404 g/mol. The van der Waals surface area contributed by atoms with Crippen molar-refractivity contribution >= 4 is 34.3 Å². The van der Waals surface area contributed by atoms with E-state index < -0.39 is 6.04 Å². The van der Waals surface area contributed by atoms with Gasteiger partial charge in [0.05, 0.1) is 11.3 Å². The molecule has 2 aromatic carbocycles. The number of hydrogen-bond donors (Lipinski definition) is 3. The number of benzene rings is 2. The van der Waals surface area contributed by atoms with Crippen molar-refractivity contribution in [1.82, 2.24) is 15.2 Å². The fourth-order valence-electron chi connectivity index (χ4n) is 3.69. The molecule has 3 amide bonds. The van der Waals surface area contributed by atoms with Crippen molar-refractivity contribution in [3.05, 3.63) is 66.4 Å². The Hall–Kier alpha value is -3.61. The van der Waals surface area contributed by atoms with E-state index in [-0.39, 0.29) is 30.6 Å². The van der Waals surface area contributed by atoms with E-state index in [9.17, 15) is 14.4 Å². The first-order chi connectivity index (χ1) is 14.6. The highest BCUT2D eigenvalue weighted by Crippen LogP contribution is 2.19. The molecule has 0 radical (unpaired) electrons. The molecule has 30 heavy (non-hydrogen) atoms. The van der Waals surface area contributed by atoms with Crippen LogP contribution in [0, 0.1) is 0 Å². The number of hydrogen-bond acceptors (Lipinski definition) is 3. The molecule has 7 heteroatoms. The van der Waals surface area contributed by atoms with Gasteiger partial charge < -0.3 is 20.5 Å². The van der Waals surface area contributed by atoms with Crippen LogP contribution < -0.4 is 16.0 Å². The maximum atomic E-state index is 12.4. The van der Waals surface area contributed by atoms with Gasteiger partial charge in [-0.15, -0.1) is 0 Å². The SMILES string of the molecule is O=C(CCC1NC(=O)c2ccccc2NC1=O)NCCCn1ccc2ccccc21. The Morgan fingerprint density at radius 3 is 2.73 bits per heavy atom. The van der Waals surface area contributed by atoms with E-state index in [1.165, 1.54) is 10.9 Å². The molecule has 0 aliphatic carbocycles. The zero-order valence-corrected chi connectivity index (χ0v) is 16.6. The number of nitrogens with zero attached hydrogens (tertiary/aromatic N) is 1. The third-order valence-electron chi connectivity index (χ3n) is 5.29. The Morgan fingerprint density at radius 2 is 1.83 bits per heavy atom. The second kappa shape index (κ2) is 8.82. The number of aromatic nitrogens is 1. The minimum Gasteiger partial charge on any atom is -0.356 e. The molecular weight excluding hydrogens is 380 g/mol. The molecule has 0 saturated carbocycles. The molecule has 3 N–H and O–H groups in total. The highest BCUT2D eigenvalue weighted by molar-refractivity contribution is 6.09. The summed E-state index contributed by atoms with van der Waals surface area (Å²) in [5.41, 5.74) is 2.10. The lowest BCUT2D eigenvalue weighted by atomic mass is 10.1. The Labute approximate surface area is 174 Å². The summed E-state index contributed by atoms with van der Waals surface area (Å²) in [4.78, 5) is 36.9. The van der Waals surface area contributed by atoms with Crippen LogP contribution in [0.1, 0.15) is 29.6 Å². The number of aryl methyl sites for hydroxylation is 1. The fourth-order valence-corrected chi connectivity index (χ4v) is 3.69. The van der Waals surface area contributed by atoms with Crippen LogP contribution in [0.3, 0.4) is 0 Å². The van der Waals surface area contributed by atoms with Gasteiger partial charge in [-0.3, -0.25) is 14.4 Å². The molecule has 0 saturated heterocycles. The lowest BCUT2D eigenvalue weighted by molar-refractivity contribution is -0.121. The molecule has 1 aromatic heterocycles. The fraction of sp³-hybridized carbons (Fsp3) is 0.261. The third kappa shape index (κ3) is 4.35. The van der Waals surface area contributed by atoms with Crippen LogP contribution >= 0.6 is 0 Å². The van der Waals surface area contributed by atoms with Crippen molar-refractivity contribution in [2.75, 3.05) is 11.9 Å². The van der Waals surface area contributed by atoms with Crippen LogP contribution in [0.4, 0.5) is 5.69 Å². The van der Waals surface area contributed by atoms with Gasteiger partial charge in [0.1, 0.15) is 6.04 Å². The van der Waals surface area contributed by atoms with E-state index in [4.69, 9.17) is 0 Å². The van der Waals surface area contributed by atoms with Crippen molar-refractivity contribution in [3.63, 3.8) is 0 Å². The maximum Gasteiger partial charge on any atom is 0.254 e.